The lowest BCUT2D eigenvalue weighted by Gasteiger charge is -2.28. The number of carbonyl (C=O) groups excluding carboxylic acids is 2. The zero-order valence-electron chi connectivity index (χ0n) is 13.8. The van der Waals surface area contributed by atoms with E-state index in [1.165, 1.54) is 13.2 Å². The molecule has 1 aromatic rings. The normalized spacial score (nSPS) is 17.9. The van der Waals surface area contributed by atoms with E-state index in [0.717, 1.165) is 12.8 Å². The SMILES string of the molecule is COC(=O)c1cc(OC[C@@H]2CCCN2C(=O)OC(C)(C)C)no1. The summed E-state index contributed by atoms with van der Waals surface area (Å²) in [6.07, 6.45) is 1.36. The highest BCUT2D eigenvalue weighted by Gasteiger charge is 2.32. The Morgan fingerprint density at radius 2 is 2.17 bits per heavy atom. The molecule has 23 heavy (non-hydrogen) atoms. The number of carbonyl (C=O) groups is 2. The molecule has 1 fully saturated rings. The molecule has 1 amide bonds. The molecule has 1 saturated heterocycles. The molecule has 2 rings (SSSR count). The number of nitrogens with zero attached hydrogens (tertiary/aromatic N) is 2. The van der Waals surface area contributed by atoms with E-state index < -0.39 is 11.6 Å². The lowest BCUT2D eigenvalue weighted by Crippen LogP contribution is -2.42. The molecule has 128 valence electrons. The third kappa shape index (κ3) is 4.61. The minimum absolute atomic E-state index is 0.0297. The Morgan fingerprint density at radius 3 is 2.83 bits per heavy atom. The number of ether oxygens (including phenoxy) is 3. The molecule has 1 aliphatic heterocycles. The Labute approximate surface area is 134 Å². The van der Waals surface area contributed by atoms with Gasteiger partial charge in [-0.2, -0.15) is 0 Å². The van der Waals surface area contributed by atoms with Gasteiger partial charge in [-0.05, 0) is 38.8 Å². The number of hydrogen-bond donors (Lipinski definition) is 0. The second-order valence-electron chi connectivity index (χ2n) is 6.30. The lowest BCUT2D eigenvalue weighted by molar-refractivity contribution is 0.0184. The van der Waals surface area contributed by atoms with Crippen LogP contribution in [0.2, 0.25) is 0 Å². The van der Waals surface area contributed by atoms with Gasteiger partial charge in [0, 0.05) is 6.54 Å². The molecule has 0 spiro atoms. The predicted molar refractivity (Wildman–Crippen MR) is 79.3 cm³/mol. The summed E-state index contributed by atoms with van der Waals surface area (Å²) in [5.41, 5.74) is -0.535. The number of hydrogen-bond acceptors (Lipinski definition) is 7. The zero-order chi connectivity index (χ0) is 17.0. The van der Waals surface area contributed by atoms with Gasteiger partial charge < -0.3 is 23.6 Å². The Morgan fingerprint density at radius 1 is 1.43 bits per heavy atom. The number of esters is 1. The van der Waals surface area contributed by atoms with Crippen molar-refractivity contribution in [1.82, 2.24) is 10.1 Å². The first-order chi connectivity index (χ1) is 10.8. The van der Waals surface area contributed by atoms with E-state index in [1.807, 2.05) is 20.8 Å². The van der Waals surface area contributed by atoms with E-state index >= 15 is 0 Å². The summed E-state index contributed by atoms with van der Waals surface area (Å²) in [4.78, 5) is 25.1. The average Bonchev–Trinajstić information content (AvgIpc) is 3.11. The third-order valence-electron chi connectivity index (χ3n) is 3.30. The van der Waals surface area contributed by atoms with Crippen LogP contribution < -0.4 is 4.74 Å². The molecule has 0 radical (unpaired) electrons. The van der Waals surface area contributed by atoms with Gasteiger partial charge in [-0.3, -0.25) is 0 Å². The zero-order valence-corrected chi connectivity index (χ0v) is 13.8. The van der Waals surface area contributed by atoms with Gasteiger partial charge in [-0.15, -0.1) is 0 Å². The Hall–Kier alpha value is -2.25. The second kappa shape index (κ2) is 6.89. The highest BCUT2D eigenvalue weighted by molar-refractivity contribution is 5.86. The molecule has 1 atom stereocenters. The van der Waals surface area contributed by atoms with Crippen molar-refractivity contribution in [3.05, 3.63) is 11.8 Å². The number of likely N-dealkylation sites (tertiary alicyclic amines) is 1. The van der Waals surface area contributed by atoms with E-state index in [9.17, 15) is 9.59 Å². The number of methoxy groups -OCH3 is 1. The van der Waals surface area contributed by atoms with Crippen LogP contribution in [0.15, 0.2) is 10.6 Å². The van der Waals surface area contributed by atoms with Gasteiger partial charge in [0.25, 0.3) is 5.88 Å². The number of aromatic nitrogens is 1. The maximum absolute atomic E-state index is 12.2. The first-order valence-corrected chi connectivity index (χ1v) is 7.47. The highest BCUT2D eigenvalue weighted by Crippen LogP contribution is 2.22. The summed E-state index contributed by atoms with van der Waals surface area (Å²) in [5.74, 6) is -0.469. The van der Waals surface area contributed by atoms with Crippen molar-refractivity contribution in [3.8, 4) is 5.88 Å². The summed E-state index contributed by atoms with van der Waals surface area (Å²) in [7, 11) is 1.25. The maximum Gasteiger partial charge on any atom is 0.410 e. The summed E-state index contributed by atoms with van der Waals surface area (Å²) in [6, 6.07) is 1.27. The minimum Gasteiger partial charge on any atom is -0.473 e. The molecule has 0 N–H and O–H groups in total. The van der Waals surface area contributed by atoms with Crippen LogP contribution in [-0.2, 0) is 9.47 Å². The van der Waals surface area contributed by atoms with Crippen LogP contribution in [0.1, 0.15) is 44.2 Å². The van der Waals surface area contributed by atoms with Crippen LogP contribution in [0.25, 0.3) is 0 Å². The monoisotopic (exact) mass is 326 g/mol. The molecule has 2 heterocycles. The van der Waals surface area contributed by atoms with Crippen molar-refractivity contribution in [2.45, 2.75) is 45.3 Å². The van der Waals surface area contributed by atoms with Crippen molar-refractivity contribution >= 4 is 12.1 Å². The predicted octanol–water partition coefficient (Wildman–Crippen LogP) is 2.24. The molecule has 1 aliphatic rings. The minimum atomic E-state index is -0.622. The standard InChI is InChI=1S/C15H22N2O6/c1-15(2,3)22-14(19)17-7-5-6-10(17)9-21-12-8-11(23-16-12)13(18)20-4/h8,10H,5-7,9H2,1-4H3/t10-/m0/s1. The van der Waals surface area contributed by atoms with Gasteiger partial charge in [-0.25, -0.2) is 9.59 Å². The van der Waals surface area contributed by atoms with E-state index in [4.69, 9.17) is 14.0 Å². The smallest absolute Gasteiger partial charge is 0.410 e. The van der Waals surface area contributed by atoms with Crippen LogP contribution >= 0.6 is 0 Å². The van der Waals surface area contributed by atoms with Crippen LogP contribution in [0.4, 0.5) is 4.79 Å². The maximum atomic E-state index is 12.2. The van der Waals surface area contributed by atoms with Crippen LogP contribution in [0.5, 0.6) is 5.88 Å². The Bertz CT molecular complexity index is 563. The third-order valence-corrected chi connectivity index (χ3v) is 3.30. The molecule has 0 aliphatic carbocycles. The van der Waals surface area contributed by atoms with Gasteiger partial charge in [0.15, 0.2) is 0 Å². The van der Waals surface area contributed by atoms with E-state index in [-0.39, 0.29) is 30.4 Å². The molecular formula is C15H22N2O6. The Balaban J connectivity index is 1.90. The van der Waals surface area contributed by atoms with Crippen molar-refractivity contribution in [2.75, 3.05) is 20.3 Å². The van der Waals surface area contributed by atoms with Gasteiger partial charge in [-0.1, -0.05) is 0 Å². The van der Waals surface area contributed by atoms with E-state index in [0.29, 0.717) is 6.54 Å². The molecule has 0 unspecified atom stereocenters. The first-order valence-electron chi connectivity index (χ1n) is 7.47. The van der Waals surface area contributed by atoms with Crippen molar-refractivity contribution in [1.29, 1.82) is 0 Å². The van der Waals surface area contributed by atoms with Gasteiger partial charge in [0.1, 0.15) is 12.2 Å². The molecule has 1 aromatic heterocycles. The molecular weight excluding hydrogens is 304 g/mol. The molecule has 0 saturated carbocycles. The molecule has 8 nitrogen and oxygen atoms in total. The van der Waals surface area contributed by atoms with Crippen molar-refractivity contribution < 1.29 is 28.3 Å². The molecule has 0 aromatic carbocycles. The molecule has 0 bridgehead atoms. The van der Waals surface area contributed by atoms with Gasteiger partial charge in [0.2, 0.25) is 5.76 Å². The lowest BCUT2D eigenvalue weighted by atomic mass is 10.2. The van der Waals surface area contributed by atoms with Gasteiger partial charge in [0.05, 0.1) is 19.2 Å². The van der Waals surface area contributed by atoms with Crippen LogP contribution in [0, 0.1) is 0 Å². The van der Waals surface area contributed by atoms with Crippen molar-refractivity contribution in [3.63, 3.8) is 0 Å². The average molecular weight is 326 g/mol. The summed E-state index contributed by atoms with van der Waals surface area (Å²) in [5, 5.41) is 3.64. The second-order valence-corrected chi connectivity index (χ2v) is 6.30. The number of rotatable bonds is 4. The van der Waals surface area contributed by atoms with E-state index in [1.54, 1.807) is 4.90 Å². The largest absolute Gasteiger partial charge is 0.473 e. The summed E-state index contributed by atoms with van der Waals surface area (Å²) < 4.78 is 20.2. The highest BCUT2D eigenvalue weighted by atomic mass is 16.6. The van der Waals surface area contributed by atoms with Crippen LogP contribution in [0.3, 0.4) is 0 Å². The fourth-order valence-electron chi connectivity index (χ4n) is 2.28. The van der Waals surface area contributed by atoms with Crippen LogP contribution in [-0.4, -0.2) is 54.0 Å². The summed E-state index contributed by atoms with van der Waals surface area (Å²) in [6.45, 7) is 6.38. The van der Waals surface area contributed by atoms with Crippen molar-refractivity contribution in [2.24, 2.45) is 0 Å². The fourth-order valence-corrected chi connectivity index (χ4v) is 2.28. The topological polar surface area (TPSA) is 91.1 Å². The van der Waals surface area contributed by atoms with Gasteiger partial charge >= 0.3 is 12.1 Å². The fraction of sp³-hybridized carbons (Fsp3) is 0.667. The molecule has 8 heteroatoms. The Kier molecular flexibility index (Phi) is 5.12. The number of amides is 1. The van der Waals surface area contributed by atoms with E-state index in [2.05, 4.69) is 9.89 Å². The quantitative estimate of drug-likeness (QED) is 0.784. The first kappa shape index (κ1) is 17.1. The summed E-state index contributed by atoms with van der Waals surface area (Å²) >= 11 is 0.